The number of fused-ring (bicyclic) bond motifs is 4. The van der Waals surface area contributed by atoms with E-state index in [2.05, 4.69) is 28.1 Å². The second kappa shape index (κ2) is 4.32. The van der Waals surface area contributed by atoms with Gasteiger partial charge in [0.1, 0.15) is 5.75 Å². The lowest BCUT2D eigenvalue weighted by Gasteiger charge is -2.21. The highest BCUT2D eigenvalue weighted by Crippen LogP contribution is 2.42. The summed E-state index contributed by atoms with van der Waals surface area (Å²) in [7, 11) is 0. The fraction of sp³-hybridized carbons (Fsp3) is 0.118. The third-order valence-electron chi connectivity index (χ3n) is 3.92. The number of aromatic nitrogens is 1. The summed E-state index contributed by atoms with van der Waals surface area (Å²) in [6.45, 7) is 0. The second-order valence-corrected chi connectivity index (χ2v) is 5.96. The smallest absolute Gasteiger partial charge is 0.125 e. The molecule has 2 nitrogen and oxygen atoms in total. The zero-order valence-corrected chi connectivity index (χ0v) is 12.3. The second-order valence-electron chi connectivity index (χ2n) is 5.11. The highest BCUT2D eigenvalue weighted by Gasteiger charge is 2.23. The van der Waals surface area contributed by atoms with Crippen molar-refractivity contribution in [1.82, 2.24) is 4.98 Å². The number of phenols is 1. The van der Waals surface area contributed by atoms with Gasteiger partial charge in [-0.25, -0.2) is 4.98 Å². The Morgan fingerprint density at radius 1 is 1.05 bits per heavy atom. The lowest BCUT2D eigenvalue weighted by molar-refractivity contribution is 0.476. The predicted molar refractivity (Wildman–Crippen MR) is 84.0 cm³/mol. The topological polar surface area (TPSA) is 33.1 Å². The lowest BCUT2D eigenvalue weighted by Crippen LogP contribution is -2.07. The van der Waals surface area contributed by atoms with E-state index in [-0.39, 0.29) is 0 Å². The van der Waals surface area contributed by atoms with E-state index in [0.717, 1.165) is 45.0 Å². The molecule has 0 aliphatic heterocycles. The van der Waals surface area contributed by atoms with Gasteiger partial charge >= 0.3 is 0 Å². The van der Waals surface area contributed by atoms with Gasteiger partial charge in [-0.15, -0.1) is 0 Å². The van der Waals surface area contributed by atoms with Crippen LogP contribution in [-0.4, -0.2) is 10.1 Å². The SMILES string of the molecule is Oc1ccc(Br)c2c1-c1nc3ccccc3cc1CC2. The molecule has 0 saturated carbocycles. The van der Waals surface area contributed by atoms with Gasteiger partial charge in [-0.3, -0.25) is 0 Å². The van der Waals surface area contributed by atoms with Crippen LogP contribution in [0.1, 0.15) is 11.1 Å². The number of phenolic OH excluding ortho intramolecular Hbond substituents is 1. The third-order valence-corrected chi connectivity index (χ3v) is 4.66. The van der Waals surface area contributed by atoms with Crippen molar-refractivity contribution in [3.8, 4) is 17.0 Å². The number of rotatable bonds is 0. The van der Waals surface area contributed by atoms with E-state index < -0.39 is 0 Å². The maximum atomic E-state index is 10.2. The molecule has 0 unspecified atom stereocenters. The summed E-state index contributed by atoms with van der Waals surface area (Å²) in [6, 6.07) is 13.9. The molecule has 0 atom stereocenters. The van der Waals surface area contributed by atoms with E-state index in [0.29, 0.717) is 5.75 Å². The highest BCUT2D eigenvalue weighted by molar-refractivity contribution is 9.10. The number of hydrogen-bond acceptors (Lipinski definition) is 2. The highest BCUT2D eigenvalue weighted by atomic mass is 79.9. The first-order valence-electron chi connectivity index (χ1n) is 6.63. The summed E-state index contributed by atoms with van der Waals surface area (Å²) >= 11 is 3.58. The number of para-hydroxylation sites is 1. The van der Waals surface area contributed by atoms with Gasteiger partial charge in [0.15, 0.2) is 0 Å². The van der Waals surface area contributed by atoms with Gasteiger partial charge in [-0.2, -0.15) is 0 Å². The number of benzene rings is 2. The van der Waals surface area contributed by atoms with Crippen molar-refractivity contribution >= 4 is 26.8 Å². The number of halogens is 1. The minimum atomic E-state index is 0.312. The molecule has 2 aromatic carbocycles. The largest absolute Gasteiger partial charge is 0.507 e. The van der Waals surface area contributed by atoms with Crippen LogP contribution in [0.4, 0.5) is 0 Å². The summed E-state index contributed by atoms with van der Waals surface area (Å²) in [4.78, 5) is 4.78. The fourth-order valence-electron chi connectivity index (χ4n) is 2.95. The summed E-state index contributed by atoms with van der Waals surface area (Å²) < 4.78 is 1.05. The van der Waals surface area contributed by atoms with Gasteiger partial charge in [-0.1, -0.05) is 34.1 Å². The van der Waals surface area contributed by atoms with Crippen LogP contribution in [0, 0.1) is 0 Å². The molecule has 1 N–H and O–H groups in total. The maximum absolute atomic E-state index is 10.2. The van der Waals surface area contributed by atoms with Crippen molar-refractivity contribution in [3.05, 3.63) is 58.1 Å². The molecule has 1 aromatic heterocycles. The summed E-state index contributed by atoms with van der Waals surface area (Å²) in [5, 5.41) is 11.4. The molecule has 0 fully saturated rings. The Morgan fingerprint density at radius 2 is 1.90 bits per heavy atom. The first-order chi connectivity index (χ1) is 9.74. The lowest BCUT2D eigenvalue weighted by atomic mass is 9.88. The quantitative estimate of drug-likeness (QED) is 0.661. The predicted octanol–water partition coefficient (Wildman–Crippen LogP) is 4.47. The number of hydrogen-bond donors (Lipinski definition) is 1. The molecule has 0 saturated heterocycles. The molecule has 0 amide bonds. The Labute approximate surface area is 125 Å². The molecule has 98 valence electrons. The number of nitrogens with zero attached hydrogens (tertiary/aromatic N) is 1. The van der Waals surface area contributed by atoms with Gasteiger partial charge in [0.25, 0.3) is 0 Å². The molecule has 0 bridgehead atoms. The van der Waals surface area contributed by atoms with E-state index in [4.69, 9.17) is 4.98 Å². The summed E-state index contributed by atoms with van der Waals surface area (Å²) in [6.07, 6.45) is 1.89. The van der Waals surface area contributed by atoms with Crippen LogP contribution in [0.5, 0.6) is 5.75 Å². The zero-order chi connectivity index (χ0) is 13.7. The average molecular weight is 326 g/mol. The summed E-state index contributed by atoms with van der Waals surface area (Å²) in [5.74, 6) is 0.312. The first kappa shape index (κ1) is 11.9. The van der Waals surface area contributed by atoms with Crippen LogP contribution < -0.4 is 0 Å². The molecule has 0 radical (unpaired) electrons. The molecule has 4 rings (SSSR count). The van der Waals surface area contributed by atoms with Gasteiger partial charge in [-0.05, 0) is 48.2 Å². The van der Waals surface area contributed by atoms with Gasteiger partial charge in [0.2, 0.25) is 0 Å². The monoisotopic (exact) mass is 325 g/mol. The van der Waals surface area contributed by atoms with Crippen molar-refractivity contribution in [1.29, 1.82) is 0 Å². The number of aryl methyl sites for hydroxylation is 1. The van der Waals surface area contributed by atoms with Crippen molar-refractivity contribution in [2.24, 2.45) is 0 Å². The zero-order valence-electron chi connectivity index (χ0n) is 10.7. The standard InChI is InChI=1S/C17H12BrNO/c18-13-7-8-15(20)16-12(13)6-5-11-9-10-3-1-2-4-14(10)19-17(11)16/h1-4,7-9,20H,5-6H2. The Hall–Kier alpha value is -1.87. The van der Waals surface area contributed by atoms with Gasteiger partial charge in [0, 0.05) is 15.4 Å². The van der Waals surface area contributed by atoms with Crippen LogP contribution in [-0.2, 0) is 12.8 Å². The number of aromatic hydroxyl groups is 1. The summed E-state index contributed by atoms with van der Waals surface area (Å²) in [5.41, 5.74) is 5.14. The van der Waals surface area contributed by atoms with Gasteiger partial charge < -0.3 is 5.11 Å². The van der Waals surface area contributed by atoms with Gasteiger partial charge in [0.05, 0.1) is 11.2 Å². The first-order valence-corrected chi connectivity index (χ1v) is 7.43. The van der Waals surface area contributed by atoms with E-state index in [9.17, 15) is 5.11 Å². The minimum absolute atomic E-state index is 0.312. The normalized spacial score (nSPS) is 13.1. The molecule has 3 aromatic rings. The van der Waals surface area contributed by atoms with Crippen LogP contribution in [0.25, 0.3) is 22.2 Å². The molecular formula is C17H12BrNO. The number of pyridine rings is 1. The molecule has 1 heterocycles. The van der Waals surface area contributed by atoms with Crippen molar-refractivity contribution in [2.75, 3.05) is 0 Å². The van der Waals surface area contributed by atoms with Crippen molar-refractivity contribution < 1.29 is 5.11 Å². The molecule has 1 aliphatic rings. The van der Waals surface area contributed by atoms with E-state index in [1.807, 2.05) is 24.3 Å². The van der Waals surface area contributed by atoms with E-state index in [1.165, 1.54) is 5.56 Å². The van der Waals surface area contributed by atoms with Crippen LogP contribution in [0.2, 0.25) is 0 Å². The Morgan fingerprint density at radius 3 is 2.80 bits per heavy atom. The maximum Gasteiger partial charge on any atom is 0.125 e. The molecule has 20 heavy (non-hydrogen) atoms. The Bertz CT molecular complexity index is 842. The molecule has 0 spiro atoms. The fourth-order valence-corrected chi connectivity index (χ4v) is 3.47. The van der Waals surface area contributed by atoms with E-state index in [1.54, 1.807) is 6.07 Å². The molecular weight excluding hydrogens is 314 g/mol. The van der Waals surface area contributed by atoms with Crippen molar-refractivity contribution in [2.45, 2.75) is 12.8 Å². The van der Waals surface area contributed by atoms with E-state index >= 15 is 0 Å². The molecule has 1 aliphatic carbocycles. The van der Waals surface area contributed by atoms with Crippen molar-refractivity contribution in [3.63, 3.8) is 0 Å². The minimum Gasteiger partial charge on any atom is -0.507 e. The Kier molecular flexibility index (Phi) is 2.57. The molecule has 3 heteroatoms. The Balaban J connectivity index is 2.09. The third kappa shape index (κ3) is 1.66. The van der Waals surface area contributed by atoms with Crippen LogP contribution in [0.15, 0.2) is 46.9 Å². The van der Waals surface area contributed by atoms with Crippen LogP contribution >= 0.6 is 15.9 Å². The average Bonchev–Trinajstić information content (AvgIpc) is 2.48. The van der Waals surface area contributed by atoms with Crippen LogP contribution in [0.3, 0.4) is 0 Å².